The van der Waals surface area contributed by atoms with Gasteiger partial charge in [-0.15, -0.1) is 0 Å². The Morgan fingerprint density at radius 3 is 1.39 bits per heavy atom. The van der Waals surface area contributed by atoms with Crippen LogP contribution in [0.4, 0.5) is 0 Å². The second-order valence-corrected chi connectivity index (χ2v) is 16.8. The zero-order valence-electron chi connectivity index (χ0n) is 37.4. The molecule has 0 aliphatic heterocycles. The largest absolute Gasteiger partial charge is 0.466 e. The first-order chi connectivity index (χ1) is 27.5. The van der Waals surface area contributed by atoms with Crippen molar-refractivity contribution in [3.8, 4) is 0 Å². The standard InChI is InChI=1S/C50H95NO5/c1-3-5-7-9-11-13-14-15-16-17-18-19-20-21-24-28-32-36-40-44-50(55)56-45-41-37-33-29-25-22-23-27-31-35-39-43-49(54)51-47(46-52)48(53)42-38-34-30-26-12-10-8-6-4-2/h11,13,15-16,47-48,52-53H,3-10,12,14,17-46H2,1-2H3,(H,51,54)/b13-11-,16-15-. The molecule has 0 aromatic rings. The molecule has 330 valence electrons. The molecule has 0 heterocycles. The van der Waals surface area contributed by atoms with E-state index in [1.54, 1.807) is 0 Å². The van der Waals surface area contributed by atoms with Gasteiger partial charge >= 0.3 is 5.97 Å². The molecule has 0 fully saturated rings. The Bertz CT molecular complexity index is 874. The summed E-state index contributed by atoms with van der Waals surface area (Å²) in [7, 11) is 0. The number of allylic oxidation sites excluding steroid dienone is 4. The Kier molecular flexibility index (Phi) is 44.7. The average molecular weight is 790 g/mol. The van der Waals surface area contributed by atoms with Gasteiger partial charge in [-0.25, -0.2) is 0 Å². The summed E-state index contributed by atoms with van der Waals surface area (Å²) in [6.07, 6.45) is 52.9. The van der Waals surface area contributed by atoms with Crippen LogP contribution in [0, 0.1) is 0 Å². The van der Waals surface area contributed by atoms with Gasteiger partial charge < -0.3 is 20.3 Å². The third kappa shape index (κ3) is 42.0. The van der Waals surface area contributed by atoms with E-state index >= 15 is 0 Å². The van der Waals surface area contributed by atoms with E-state index in [0.717, 1.165) is 64.2 Å². The normalized spacial score (nSPS) is 12.9. The molecule has 0 radical (unpaired) electrons. The van der Waals surface area contributed by atoms with E-state index in [1.807, 2.05) is 0 Å². The van der Waals surface area contributed by atoms with Gasteiger partial charge in [0.05, 0.1) is 25.4 Å². The molecule has 0 saturated heterocycles. The fraction of sp³-hybridized carbons (Fsp3) is 0.880. The van der Waals surface area contributed by atoms with Crippen molar-refractivity contribution in [3.63, 3.8) is 0 Å². The summed E-state index contributed by atoms with van der Waals surface area (Å²) in [5.41, 5.74) is 0. The number of ether oxygens (including phenoxy) is 1. The second kappa shape index (κ2) is 46.0. The number of hydrogen-bond acceptors (Lipinski definition) is 5. The van der Waals surface area contributed by atoms with E-state index in [2.05, 4.69) is 43.5 Å². The molecule has 56 heavy (non-hydrogen) atoms. The van der Waals surface area contributed by atoms with Crippen molar-refractivity contribution >= 4 is 11.9 Å². The van der Waals surface area contributed by atoms with Gasteiger partial charge in [0.25, 0.3) is 0 Å². The van der Waals surface area contributed by atoms with Crippen molar-refractivity contribution < 1.29 is 24.5 Å². The third-order valence-electron chi connectivity index (χ3n) is 11.3. The van der Waals surface area contributed by atoms with Gasteiger partial charge in [0.15, 0.2) is 0 Å². The van der Waals surface area contributed by atoms with Crippen molar-refractivity contribution in [2.24, 2.45) is 0 Å². The Labute approximate surface area is 348 Å². The van der Waals surface area contributed by atoms with Crippen molar-refractivity contribution in [2.75, 3.05) is 13.2 Å². The van der Waals surface area contributed by atoms with Crippen LogP contribution in [0.25, 0.3) is 0 Å². The number of amides is 1. The summed E-state index contributed by atoms with van der Waals surface area (Å²) in [6.45, 7) is 4.86. The van der Waals surface area contributed by atoms with Crippen molar-refractivity contribution in [1.29, 1.82) is 0 Å². The van der Waals surface area contributed by atoms with Gasteiger partial charge in [-0.1, -0.05) is 212 Å². The molecular weight excluding hydrogens is 695 g/mol. The fourth-order valence-corrected chi connectivity index (χ4v) is 7.43. The van der Waals surface area contributed by atoms with Gasteiger partial charge in [-0.2, -0.15) is 0 Å². The zero-order valence-corrected chi connectivity index (χ0v) is 37.4. The van der Waals surface area contributed by atoms with Crippen molar-refractivity contribution in [2.45, 2.75) is 270 Å². The smallest absolute Gasteiger partial charge is 0.305 e. The lowest BCUT2D eigenvalue weighted by Gasteiger charge is -2.22. The van der Waals surface area contributed by atoms with E-state index in [4.69, 9.17) is 4.74 Å². The number of carbonyl (C=O) groups is 2. The quantitative estimate of drug-likeness (QED) is 0.0324. The minimum Gasteiger partial charge on any atom is -0.466 e. The van der Waals surface area contributed by atoms with Gasteiger partial charge in [0, 0.05) is 12.8 Å². The minimum absolute atomic E-state index is 0.0181. The Morgan fingerprint density at radius 1 is 0.500 bits per heavy atom. The summed E-state index contributed by atoms with van der Waals surface area (Å²) in [4.78, 5) is 24.4. The Morgan fingerprint density at radius 2 is 0.893 bits per heavy atom. The van der Waals surface area contributed by atoms with Crippen LogP contribution < -0.4 is 5.32 Å². The van der Waals surface area contributed by atoms with E-state index in [-0.39, 0.29) is 18.5 Å². The molecule has 2 unspecified atom stereocenters. The zero-order chi connectivity index (χ0) is 40.8. The van der Waals surface area contributed by atoms with Crippen LogP contribution >= 0.6 is 0 Å². The topological polar surface area (TPSA) is 95.9 Å². The second-order valence-electron chi connectivity index (χ2n) is 16.8. The van der Waals surface area contributed by atoms with Crippen LogP contribution in [0.2, 0.25) is 0 Å². The fourth-order valence-electron chi connectivity index (χ4n) is 7.43. The van der Waals surface area contributed by atoms with Crippen LogP contribution in [0.15, 0.2) is 24.3 Å². The monoisotopic (exact) mass is 790 g/mol. The molecule has 6 nitrogen and oxygen atoms in total. The number of rotatable bonds is 45. The molecule has 3 N–H and O–H groups in total. The number of aliphatic hydroxyl groups excluding tert-OH is 2. The lowest BCUT2D eigenvalue weighted by molar-refractivity contribution is -0.143. The number of carbonyl (C=O) groups excluding carboxylic acids is 2. The maximum atomic E-state index is 12.4. The molecule has 1 amide bonds. The van der Waals surface area contributed by atoms with Crippen LogP contribution in [0.5, 0.6) is 0 Å². The highest BCUT2D eigenvalue weighted by Crippen LogP contribution is 2.16. The summed E-state index contributed by atoms with van der Waals surface area (Å²) in [5.74, 6) is -0.0752. The first-order valence-electron chi connectivity index (χ1n) is 24.6. The van der Waals surface area contributed by atoms with E-state index in [1.165, 1.54) is 161 Å². The van der Waals surface area contributed by atoms with Crippen LogP contribution in [-0.4, -0.2) is 47.4 Å². The molecule has 0 aliphatic carbocycles. The van der Waals surface area contributed by atoms with Crippen LogP contribution in [-0.2, 0) is 14.3 Å². The predicted octanol–water partition coefficient (Wildman–Crippen LogP) is 14.3. The number of nitrogens with one attached hydrogen (secondary N) is 1. The molecule has 0 rings (SSSR count). The molecule has 2 atom stereocenters. The van der Waals surface area contributed by atoms with E-state index in [0.29, 0.717) is 25.9 Å². The minimum atomic E-state index is -0.674. The van der Waals surface area contributed by atoms with E-state index in [9.17, 15) is 19.8 Å². The SMILES string of the molecule is CCCCC/C=C\C/C=C\CCCCCCCCCCCC(=O)OCCCCCCCCCCCCCC(=O)NC(CO)C(O)CCCCCCCCCCC. The molecule has 0 bridgehead atoms. The molecule has 0 aliphatic rings. The van der Waals surface area contributed by atoms with Crippen molar-refractivity contribution in [1.82, 2.24) is 5.32 Å². The molecule has 6 heteroatoms. The molecule has 0 spiro atoms. The lowest BCUT2D eigenvalue weighted by atomic mass is 10.0. The van der Waals surface area contributed by atoms with Gasteiger partial charge in [0.1, 0.15) is 0 Å². The number of aliphatic hydroxyl groups is 2. The molecule has 0 saturated carbocycles. The van der Waals surface area contributed by atoms with Crippen LogP contribution in [0.1, 0.15) is 258 Å². The van der Waals surface area contributed by atoms with Gasteiger partial charge in [-0.05, 0) is 57.8 Å². The summed E-state index contributed by atoms with van der Waals surface area (Å²) in [5, 5.41) is 23.0. The average Bonchev–Trinajstić information content (AvgIpc) is 3.20. The number of esters is 1. The molecule has 0 aromatic carbocycles. The highest BCUT2D eigenvalue weighted by molar-refractivity contribution is 5.76. The maximum Gasteiger partial charge on any atom is 0.305 e. The third-order valence-corrected chi connectivity index (χ3v) is 11.3. The van der Waals surface area contributed by atoms with Gasteiger partial charge in [0.2, 0.25) is 5.91 Å². The summed E-state index contributed by atoms with van der Waals surface area (Å²) < 4.78 is 5.46. The number of hydrogen-bond donors (Lipinski definition) is 3. The highest BCUT2D eigenvalue weighted by Gasteiger charge is 2.20. The summed E-state index contributed by atoms with van der Waals surface area (Å²) >= 11 is 0. The lowest BCUT2D eigenvalue weighted by Crippen LogP contribution is -2.45. The number of unbranched alkanes of at least 4 members (excludes halogenated alkanes) is 30. The van der Waals surface area contributed by atoms with E-state index < -0.39 is 12.1 Å². The predicted molar refractivity (Wildman–Crippen MR) is 241 cm³/mol. The Hall–Kier alpha value is -1.66. The van der Waals surface area contributed by atoms with Gasteiger partial charge in [-0.3, -0.25) is 9.59 Å². The first kappa shape index (κ1) is 54.3. The highest BCUT2D eigenvalue weighted by atomic mass is 16.5. The first-order valence-corrected chi connectivity index (χ1v) is 24.6. The van der Waals surface area contributed by atoms with Crippen molar-refractivity contribution in [3.05, 3.63) is 24.3 Å². The molecular formula is C50H95NO5. The summed E-state index contributed by atoms with van der Waals surface area (Å²) in [6, 6.07) is -0.553. The van der Waals surface area contributed by atoms with Crippen LogP contribution in [0.3, 0.4) is 0 Å². The Balaban J connectivity index is 3.43. The molecule has 0 aromatic heterocycles. The maximum absolute atomic E-state index is 12.4.